The number of nitrogens with two attached hydrogens (primary N) is 1. The fourth-order valence-corrected chi connectivity index (χ4v) is 1.32. The van der Waals surface area contributed by atoms with Crippen molar-refractivity contribution in [1.82, 2.24) is 15.2 Å². The summed E-state index contributed by atoms with van der Waals surface area (Å²) in [5, 5.41) is 9.97. The van der Waals surface area contributed by atoms with Crippen molar-refractivity contribution < 1.29 is 0 Å². The van der Waals surface area contributed by atoms with Gasteiger partial charge in [0.1, 0.15) is 5.82 Å². The minimum absolute atomic E-state index is 0.189. The van der Waals surface area contributed by atoms with Crippen LogP contribution in [-0.4, -0.2) is 15.2 Å². The molecule has 4 N–H and O–H groups in total. The van der Waals surface area contributed by atoms with Crippen LogP contribution in [0.25, 0.3) is 0 Å². The number of pyridine rings is 1. The lowest BCUT2D eigenvalue weighted by atomic mass is 10.2. The van der Waals surface area contributed by atoms with Crippen molar-refractivity contribution >= 4 is 11.5 Å². The number of nitrogens with zero attached hydrogens (tertiary/aromatic N) is 2. The van der Waals surface area contributed by atoms with Crippen LogP contribution < -0.4 is 11.1 Å². The van der Waals surface area contributed by atoms with E-state index >= 15 is 0 Å². The lowest BCUT2D eigenvalue weighted by Gasteiger charge is -2.12. The fourth-order valence-electron chi connectivity index (χ4n) is 1.32. The van der Waals surface area contributed by atoms with E-state index in [9.17, 15) is 0 Å². The number of aromatic nitrogens is 3. The van der Waals surface area contributed by atoms with Gasteiger partial charge in [0, 0.05) is 11.8 Å². The van der Waals surface area contributed by atoms with Crippen LogP contribution in [0.1, 0.15) is 18.5 Å². The lowest BCUT2D eigenvalue weighted by Crippen LogP contribution is -2.06. The largest absolute Gasteiger partial charge is 0.384 e. The highest BCUT2D eigenvalue weighted by molar-refractivity contribution is 5.46. The Hall–Kier alpha value is -2.04. The van der Waals surface area contributed by atoms with Crippen molar-refractivity contribution in [2.45, 2.75) is 13.0 Å². The summed E-state index contributed by atoms with van der Waals surface area (Å²) in [6.45, 7) is 2.06. The Bertz CT molecular complexity index is 406. The Kier molecular flexibility index (Phi) is 2.53. The van der Waals surface area contributed by atoms with Gasteiger partial charge in [0.25, 0.3) is 0 Å². The topological polar surface area (TPSA) is 79.6 Å². The third-order valence-electron chi connectivity index (χ3n) is 2.19. The molecule has 0 saturated heterocycles. The molecule has 0 fully saturated rings. The summed E-state index contributed by atoms with van der Waals surface area (Å²) in [7, 11) is 0. The average Bonchev–Trinajstić information content (AvgIpc) is 2.74. The zero-order valence-electron chi connectivity index (χ0n) is 8.44. The fraction of sp³-hybridized carbons (Fsp3) is 0.200. The van der Waals surface area contributed by atoms with Crippen LogP contribution in [0.15, 0.2) is 30.7 Å². The molecule has 0 aliphatic heterocycles. The van der Waals surface area contributed by atoms with Gasteiger partial charge in [-0.3, -0.25) is 5.10 Å². The molecular formula is C10H13N5. The van der Waals surface area contributed by atoms with Gasteiger partial charge in [-0.15, -0.1) is 0 Å². The van der Waals surface area contributed by atoms with Gasteiger partial charge in [0.05, 0.1) is 24.1 Å². The second kappa shape index (κ2) is 4.00. The van der Waals surface area contributed by atoms with E-state index in [2.05, 4.69) is 27.4 Å². The number of hydrogen-bond donors (Lipinski definition) is 3. The molecule has 2 aromatic heterocycles. The Morgan fingerprint density at radius 2 is 2.27 bits per heavy atom. The predicted octanol–water partition coefficient (Wildman–Crippen LogP) is 1.56. The van der Waals surface area contributed by atoms with Crippen LogP contribution in [0.4, 0.5) is 11.5 Å². The molecule has 5 nitrogen and oxygen atoms in total. The molecule has 1 unspecified atom stereocenters. The first-order valence-electron chi connectivity index (χ1n) is 4.72. The maximum absolute atomic E-state index is 5.50. The first kappa shape index (κ1) is 9.51. The van der Waals surface area contributed by atoms with E-state index in [-0.39, 0.29) is 6.04 Å². The van der Waals surface area contributed by atoms with Crippen molar-refractivity contribution in [1.29, 1.82) is 0 Å². The first-order valence-corrected chi connectivity index (χ1v) is 4.72. The first-order chi connectivity index (χ1) is 7.25. The van der Waals surface area contributed by atoms with Crippen LogP contribution in [0, 0.1) is 0 Å². The summed E-state index contributed by atoms with van der Waals surface area (Å²) in [5.74, 6) is 0.525. The van der Waals surface area contributed by atoms with Crippen LogP contribution in [0.5, 0.6) is 0 Å². The molecule has 0 spiro atoms. The van der Waals surface area contributed by atoms with Crippen molar-refractivity contribution in [3.05, 3.63) is 36.3 Å². The summed E-state index contributed by atoms with van der Waals surface area (Å²) >= 11 is 0. The van der Waals surface area contributed by atoms with Crippen LogP contribution in [-0.2, 0) is 0 Å². The van der Waals surface area contributed by atoms with E-state index in [4.69, 9.17) is 5.73 Å². The highest BCUT2D eigenvalue weighted by atomic mass is 15.1. The molecule has 0 amide bonds. The van der Waals surface area contributed by atoms with Gasteiger partial charge in [-0.1, -0.05) is 0 Å². The minimum Gasteiger partial charge on any atom is -0.384 e. The molecule has 5 heteroatoms. The van der Waals surface area contributed by atoms with E-state index in [1.807, 2.05) is 12.3 Å². The van der Waals surface area contributed by atoms with Gasteiger partial charge in [-0.05, 0) is 19.1 Å². The number of nitrogen functional groups attached to an aromatic ring is 1. The molecule has 2 aromatic rings. The standard InChI is InChI=1S/C10H13N5/c1-7(8-4-13-14-5-8)15-9-2-3-10(11)12-6-9/h2-7,15H,1H3,(H2,11,12)(H,13,14). The number of H-pyrrole nitrogens is 1. The number of anilines is 2. The summed E-state index contributed by atoms with van der Waals surface area (Å²) in [6, 6.07) is 3.86. The molecule has 0 bridgehead atoms. The molecule has 0 aliphatic carbocycles. The SMILES string of the molecule is CC(Nc1ccc(N)nc1)c1cn[nH]c1. The van der Waals surface area contributed by atoms with Gasteiger partial charge in [-0.2, -0.15) is 5.10 Å². The van der Waals surface area contributed by atoms with Gasteiger partial charge >= 0.3 is 0 Å². The number of rotatable bonds is 3. The molecule has 0 aromatic carbocycles. The molecule has 0 saturated carbocycles. The quantitative estimate of drug-likeness (QED) is 0.707. The smallest absolute Gasteiger partial charge is 0.123 e. The van der Waals surface area contributed by atoms with E-state index < -0.39 is 0 Å². The second-order valence-electron chi connectivity index (χ2n) is 3.37. The lowest BCUT2D eigenvalue weighted by molar-refractivity contribution is 0.884. The normalized spacial score (nSPS) is 12.3. The minimum atomic E-state index is 0.189. The van der Waals surface area contributed by atoms with Gasteiger partial charge in [0.15, 0.2) is 0 Å². The van der Waals surface area contributed by atoms with Crippen molar-refractivity contribution in [3.63, 3.8) is 0 Å². The summed E-state index contributed by atoms with van der Waals surface area (Å²) in [4.78, 5) is 4.01. The third kappa shape index (κ3) is 2.25. The molecular weight excluding hydrogens is 190 g/mol. The molecule has 2 rings (SSSR count). The second-order valence-corrected chi connectivity index (χ2v) is 3.37. The van der Waals surface area contributed by atoms with Crippen molar-refractivity contribution in [3.8, 4) is 0 Å². The zero-order valence-corrected chi connectivity index (χ0v) is 8.44. The highest BCUT2D eigenvalue weighted by Gasteiger charge is 2.05. The van der Waals surface area contributed by atoms with E-state index in [1.165, 1.54) is 0 Å². The molecule has 2 heterocycles. The number of nitrogens with one attached hydrogen (secondary N) is 2. The predicted molar refractivity (Wildman–Crippen MR) is 59.3 cm³/mol. The molecule has 1 atom stereocenters. The van der Waals surface area contributed by atoms with E-state index in [0.29, 0.717) is 5.82 Å². The Labute approximate surface area is 87.7 Å². The van der Waals surface area contributed by atoms with Crippen molar-refractivity contribution in [2.24, 2.45) is 0 Å². The number of hydrogen-bond acceptors (Lipinski definition) is 4. The molecule has 78 valence electrons. The molecule has 0 radical (unpaired) electrons. The monoisotopic (exact) mass is 203 g/mol. The third-order valence-corrected chi connectivity index (χ3v) is 2.19. The highest BCUT2D eigenvalue weighted by Crippen LogP contribution is 2.17. The Morgan fingerprint density at radius 1 is 1.40 bits per heavy atom. The number of aromatic amines is 1. The van der Waals surface area contributed by atoms with E-state index in [0.717, 1.165) is 11.3 Å². The van der Waals surface area contributed by atoms with Crippen LogP contribution in [0.2, 0.25) is 0 Å². The maximum atomic E-state index is 5.50. The Balaban J connectivity index is 2.06. The van der Waals surface area contributed by atoms with E-state index in [1.54, 1.807) is 18.5 Å². The summed E-state index contributed by atoms with van der Waals surface area (Å²) in [6.07, 6.45) is 5.37. The molecule has 0 aliphatic rings. The Morgan fingerprint density at radius 3 is 2.87 bits per heavy atom. The zero-order chi connectivity index (χ0) is 10.7. The summed E-state index contributed by atoms with van der Waals surface area (Å²) in [5.41, 5.74) is 7.54. The average molecular weight is 203 g/mol. The van der Waals surface area contributed by atoms with Crippen LogP contribution >= 0.6 is 0 Å². The van der Waals surface area contributed by atoms with Crippen LogP contribution in [0.3, 0.4) is 0 Å². The maximum Gasteiger partial charge on any atom is 0.123 e. The summed E-state index contributed by atoms with van der Waals surface area (Å²) < 4.78 is 0. The van der Waals surface area contributed by atoms with Crippen molar-refractivity contribution in [2.75, 3.05) is 11.1 Å². The molecule has 15 heavy (non-hydrogen) atoms. The van der Waals surface area contributed by atoms with Gasteiger partial charge in [0.2, 0.25) is 0 Å². The van der Waals surface area contributed by atoms with Gasteiger partial charge in [-0.25, -0.2) is 4.98 Å². The van der Waals surface area contributed by atoms with Gasteiger partial charge < -0.3 is 11.1 Å².